The van der Waals surface area contributed by atoms with Gasteiger partial charge in [-0.1, -0.05) is 56.3 Å². The fraction of sp³-hybridized carbons (Fsp3) is 0.240. The molecule has 0 aliphatic rings. The number of para-hydroxylation sites is 1. The van der Waals surface area contributed by atoms with E-state index in [-0.39, 0.29) is 5.75 Å². The Morgan fingerprint density at radius 1 is 1.03 bits per heavy atom. The van der Waals surface area contributed by atoms with Crippen LogP contribution in [-0.4, -0.2) is 27.3 Å². The van der Waals surface area contributed by atoms with E-state index in [0.29, 0.717) is 11.5 Å². The number of hydrogen-bond donors (Lipinski definition) is 1. The van der Waals surface area contributed by atoms with Crippen molar-refractivity contribution in [2.45, 2.75) is 30.3 Å². The van der Waals surface area contributed by atoms with Crippen LogP contribution in [0.5, 0.6) is 0 Å². The molecule has 4 aromatic rings. The monoisotopic (exact) mass is 420 g/mol. The first-order chi connectivity index (χ1) is 14.5. The molecule has 1 atom stereocenters. The Labute approximate surface area is 180 Å². The minimum absolute atomic E-state index is 0.242. The lowest BCUT2D eigenvalue weighted by Gasteiger charge is -2.26. The molecule has 30 heavy (non-hydrogen) atoms. The second kappa shape index (κ2) is 8.62. The molecule has 1 heterocycles. The number of fused-ring (bicyclic) bond motifs is 1. The van der Waals surface area contributed by atoms with Gasteiger partial charge in [0.2, 0.25) is 0 Å². The maximum Gasteiger partial charge on any atom is 0.127 e. The van der Waals surface area contributed by atoms with Crippen LogP contribution in [-0.2, 0) is 5.60 Å². The van der Waals surface area contributed by atoms with Crippen LogP contribution in [0.2, 0.25) is 0 Å². The number of benzene rings is 3. The van der Waals surface area contributed by atoms with Crippen molar-refractivity contribution in [3.8, 4) is 5.69 Å². The lowest BCUT2D eigenvalue weighted by molar-refractivity contribution is 0.0350. The van der Waals surface area contributed by atoms with E-state index in [4.69, 9.17) is 0 Å². The van der Waals surface area contributed by atoms with Gasteiger partial charge in [0.15, 0.2) is 0 Å². The van der Waals surface area contributed by atoms with Gasteiger partial charge in [-0.25, -0.2) is 9.07 Å². The molecule has 3 aromatic carbocycles. The molecule has 0 saturated carbocycles. The van der Waals surface area contributed by atoms with E-state index >= 15 is 0 Å². The van der Waals surface area contributed by atoms with Crippen molar-refractivity contribution in [2.75, 3.05) is 12.4 Å². The predicted octanol–water partition coefficient (Wildman–Crippen LogP) is 6.10. The number of aliphatic hydroxyl groups is 1. The van der Waals surface area contributed by atoms with Crippen LogP contribution in [0.15, 0.2) is 83.9 Å². The molecule has 0 saturated heterocycles. The van der Waals surface area contributed by atoms with E-state index in [1.54, 1.807) is 12.3 Å². The van der Waals surface area contributed by atoms with Crippen LogP contribution >= 0.6 is 11.8 Å². The van der Waals surface area contributed by atoms with Gasteiger partial charge in [-0.05, 0) is 47.4 Å². The Morgan fingerprint density at radius 3 is 2.50 bits per heavy atom. The number of aromatic nitrogens is 2. The predicted molar refractivity (Wildman–Crippen MR) is 122 cm³/mol. The van der Waals surface area contributed by atoms with E-state index in [2.05, 4.69) is 25.0 Å². The van der Waals surface area contributed by atoms with E-state index < -0.39 is 12.3 Å². The third-order valence-corrected chi connectivity index (χ3v) is 6.64. The molecule has 0 bridgehead atoms. The SMILES string of the molecule is CC(C)c1ccccc1SCC(O)(CF)c1ccc2c(cnn2-c2ccccc2)c1. The summed E-state index contributed by atoms with van der Waals surface area (Å²) < 4.78 is 15.9. The van der Waals surface area contributed by atoms with Crippen molar-refractivity contribution in [3.63, 3.8) is 0 Å². The van der Waals surface area contributed by atoms with Crippen molar-refractivity contribution in [3.05, 3.63) is 90.1 Å². The normalized spacial score (nSPS) is 13.6. The van der Waals surface area contributed by atoms with Crippen LogP contribution < -0.4 is 0 Å². The highest BCUT2D eigenvalue weighted by atomic mass is 32.2. The molecular formula is C25H25FN2OS. The molecule has 0 spiro atoms. The Hall–Kier alpha value is -2.63. The third-order valence-electron chi connectivity index (χ3n) is 5.33. The molecule has 0 radical (unpaired) electrons. The highest BCUT2D eigenvalue weighted by Crippen LogP contribution is 2.35. The minimum Gasteiger partial charge on any atom is -0.382 e. The average Bonchev–Trinajstić information content (AvgIpc) is 3.21. The molecule has 154 valence electrons. The average molecular weight is 421 g/mol. The Morgan fingerprint density at radius 2 is 1.77 bits per heavy atom. The minimum atomic E-state index is -1.56. The van der Waals surface area contributed by atoms with Crippen LogP contribution in [0, 0.1) is 0 Å². The second-order valence-electron chi connectivity index (χ2n) is 7.81. The Bertz CT molecular complexity index is 1140. The summed E-state index contributed by atoms with van der Waals surface area (Å²) >= 11 is 1.50. The summed E-state index contributed by atoms with van der Waals surface area (Å²) in [7, 11) is 0. The molecule has 3 nitrogen and oxygen atoms in total. The van der Waals surface area contributed by atoms with Crippen LogP contribution in [0.4, 0.5) is 4.39 Å². The number of rotatable bonds is 7. The third kappa shape index (κ3) is 4.00. The van der Waals surface area contributed by atoms with Gasteiger partial charge in [0, 0.05) is 16.0 Å². The van der Waals surface area contributed by atoms with Crippen molar-refractivity contribution >= 4 is 22.7 Å². The summed E-state index contributed by atoms with van der Waals surface area (Å²) in [6, 6.07) is 23.5. The number of hydrogen-bond acceptors (Lipinski definition) is 3. The zero-order chi connectivity index (χ0) is 21.1. The summed E-state index contributed by atoms with van der Waals surface area (Å²) in [6.45, 7) is 3.43. The maximum absolute atomic E-state index is 14.1. The molecular weight excluding hydrogens is 395 g/mol. The summed E-state index contributed by atoms with van der Waals surface area (Å²) in [5.41, 5.74) is 2.10. The van der Waals surface area contributed by atoms with Crippen molar-refractivity contribution in [1.82, 2.24) is 9.78 Å². The van der Waals surface area contributed by atoms with Gasteiger partial charge in [0.1, 0.15) is 12.3 Å². The highest BCUT2D eigenvalue weighted by Gasteiger charge is 2.30. The zero-order valence-corrected chi connectivity index (χ0v) is 17.9. The van der Waals surface area contributed by atoms with Crippen molar-refractivity contribution in [1.29, 1.82) is 0 Å². The molecule has 4 rings (SSSR count). The fourth-order valence-electron chi connectivity index (χ4n) is 3.58. The van der Waals surface area contributed by atoms with E-state index in [9.17, 15) is 9.50 Å². The quantitative estimate of drug-likeness (QED) is 0.367. The van der Waals surface area contributed by atoms with E-state index in [1.165, 1.54) is 17.3 Å². The number of halogens is 1. The summed E-state index contributed by atoms with van der Waals surface area (Å²) in [5, 5.41) is 16.5. The lowest BCUT2D eigenvalue weighted by atomic mass is 9.96. The van der Waals surface area contributed by atoms with Gasteiger partial charge in [0.25, 0.3) is 0 Å². The van der Waals surface area contributed by atoms with E-state index in [0.717, 1.165) is 21.5 Å². The standard InChI is InChI=1S/C25H25FN2OS/c1-18(2)22-10-6-7-11-24(22)30-17-25(29,16-26)20-12-13-23-19(14-20)15-27-28(23)21-8-4-3-5-9-21/h3-15,18,29H,16-17H2,1-2H3. The summed E-state index contributed by atoms with van der Waals surface area (Å²) in [4.78, 5) is 1.08. The summed E-state index contributed by atoms with van der Waals surface area (Å²) in [6.07, 6.45) is 1.76. The van der Waals surface area contributed by atoms with Gasteiger partial charge in [0.05, 0.1) is 17.4 Å². The highest BCUT2D eigenvalue weighted by molar-refractivity contribution is 7.99. The van der Waals surface area contributed by atoms with Crippen molar-refractivity contribution in [2.24, 2.45) is 0 Å². The molecule has 0 aliphatic heterocycles. The van der Waals surface area contributed by atoms with Gasteiger partial charge in [-0.15, -0.1) is 11.8 Å². The number of thioether (sulfide) groups is 1. The van der Waals surface area contributed by atoms with Crippen LogP contribution in [0.3, 0.4) is 0 Å². The fourth-order valence-corrected chi connectivity index (χ4v) is 4.87. The Balaban J connectivity index is 1.62. The van der Waals surface area contributed by atoms with Gasteiger partial charge in [-0.2, -0.15) is 5.10 Å². The zero-order valence-electron chi connectivity index (χ0n) is 17.1. The first-order valence-corrected chi connectivity index (χ1v) is 11.0. The molecule has 0 amide bonds. The van der Waals surface area contributed by atoms with Crippen LogP contribution in [0.1, 0.15) is 30.9 Å². The topological polar surface area (TPSA) is 38.1 Å². The molecule has 1 unspecified atom stereocenters. The first-order valence-electron chi connectivity index (χ1n) is 10.1. The van der Waals surface area contributed by atoms with Crippen LogP contribution in [0.25, 0.3) is 16.6 Å². The van der Waals surface area contributed by atoms with E-state index in [1.807, 2.05) is 65.3 Å². The van der Waals surface area contributed by atoms with Gasteiger partial charge in [-0.3, -0.25) is 0 Å². The first kappa shape index (κ1) is 20.6. The number of alkyl halides is 1. The molecule has 0 aliphatic carbocycles. The number of nitrogens with zero attached hydrogens (tertiary/aromatic N) is 2. The smallest absolute Gasteiger partial charge is 0.127 e. The largest absolute Gasteiger partial charge is 0.382 e. The lowest BCUT2D eigenvalue weighted by Crippen LogP contribution is -2.31. The Kier molecular flexibility index (Phi) is 5.93. The molecule has 1 N–H and O–H groups in total. The molecule has 0 fully saturated rings. The molecule has 1 aromatic heterocycles. The molecule has 5 heteroatoms. The van der Waals surface area contributed by atoms with Crippen molar-refractivity contribution < 1.29 is 9.50 Å². The van der Waals surface area contributed by atoms with Gasteiger partial charge >= 0.3 is 0 Å². The summed E-state index contributed by atoms with van der Waals surface area (Å²) in [5.74, 6) is 0.610. The second-order valence-corrected chi connectivity index (χ2v) is 8.83. The maximum atomic E-state index is 14.1. The van der Waals surface area contributed by atoms with Gasteiger partial charge < -0.3 is 5.11 Å².